The Bertz CT molecular complexity index is 394. The maximum absolute atomic E-state index is 4.75. The minimum absolute atomic E-state index is 0.807. The second kappa shape index (κ2) is 7.48. The third kappa shape index (κ3) is 4.20. The number of rotatable bonds is 5. The normalized spacial score (nSPS) is 13.8. The molecule has 0 unspecified atom stereocenters. The predicted octanol–water partition coefficient (Wildman–Crippen LogP) is 2.14. The van der Waals surface area contributed by atoms with E-state index < -0.39 is 0 Å². The van der Waals surface area contributed by atoms with E-state index in [0.29, 0.717) is 0 Å². The van der Waals surface area contributed by atoms with Crippen LogP contribution in [0.5, 0.6) is 0 Å². The van der Waals surface area contributed by atoms with E-state index in [2.05, 4.69) is 29.5 Å². The lowest BCUT2D eigenvalue weighted by Crippen LogP contribution is -2.37. The summed E-state index contributed by atoms with van der Waals surface area (Å²) in [5.74, 6) is 0.909. The van der Waals surface area contributed by atoms with Crippen LogP contribution in [0.3, 0.4) is 0 Å². The van der Waals surface area contributed by atoms with Crippen LogP contribution in [0.4, 0.5) is 0 Å². The van der Waals surface area contributed by atoms with E-state index in [4.69, 9.17) is 4.98 Å². The highest BCUT2D eigenvalue weighted by Gasteiger charge is 2.14. The van der Waals surface area contributed by atoms with Crippen molar-refractivity contribution < 1.29 is 0 Å². The van der Waals surface area contributed by atoms with Gasteiger partial charge in [-0.15, -0.1) is 11.3 Å². The molecule has 0 spiro atoms. The highest BCUT2D eigenvalue weighted by Crippen LogP contribution is 2.26. The molecule has 2 rings (SSSR count). The van der Waals surface area contributed by atoms with Gasteiger partial charge in [-0.2, -0.15) is 0 Å². The molecule has 1 aliphatic carbocycles. The van der Waals surface area contributed by atoms with Crippen molar-refractivity contribution in [2.45, 2.75) is 46.0 Å². The lowest BCUT2D eigenvalue weighted by Gasteiger charge is -2.08. The van der Waals surface area contributed by atoms with E-state index in [1.165, 1.54) is 41.3 Å². The fourth-order valence-corrected chi connectivity index (χ4v) is 3.43. The van der Waals surface area contributed by atoms with E-state index in [0.717, 1.165) is 32.0 Å². The third-order valence-corrected chi connectivity index (χ3v) is 4.39. The summed E-state index contributed by atoms with van der Waals surface area (Å²) in [7, 11) is 0. The number of nitrogens with one attached hydrogen (secondary N) is 2. The Labute approximate surface area is 119 Å². The Morgan fingerprint density at radius 2 is 1.95 bits per heavy atom. The maximum Gasteiger partial charge on any atom is 0.191 e. The van der Waals surface area contributed by atoms with Gasteiger partial charge in [0.25, 0.3) is 0 Å². The molecule has 1 aromatic heterocycles. The number of aliphatic imine (C=N–C) groups is 1. The van der Waals surface area contributed by atoms with Crippen LogP contribution in [0.25, 0.3) is 0 Å². The van der Waals surface area contributed by atoms with Gasteiger partial charge in [-0.25, -0.2) is 4.98 Å². The number of fused-ring (bicyclic) bond motifs is 1. The largest absolute Gasteiger partial charge is 0.357 e. The fourth-order valence-electron chi connectivity index (χ4n) is 2.28. The van der Waals surface area contributed by atoms with Gasteiger partial charge in [-0.1, -0.05) is 0 Å². The third-order valence-electron chi connectivity index (χ3n) is 3.17. The summed E-state index contributed by atoms with van der Waals surface area (Å²) >= 11 is 1.89. The summed E-state index contributed by atoms with van der Waals surface area (Å²) in [5.41, 5.74) is 1.36. The second-order valence-corrected chi connectivity index (χ2v) is 5.89. The lowest BCUT2D eigenvalue weighted by atomic mass is 10.0. The van der Waals surface area contributed by atoms with Gasteiger partial charge in [0.1, 0.15) is 0 Å². The van der Waals surface area contributed by atoms with Crippen molar-refractivity contribution in [2.24, 2.45) is 4.99 Å². The maximum atomic E-state index is 4.75. The summed E-state index contributed by atoms with van der Waals surface area (Å²) in [5, 5.41) is 7.73. The van der Waals surface area contributed by atoms with Gasteiger partial charge < -0.3 is 10.6 Å². The first kappa shape index (κ1) is 14.3. The summed E-state index contributed by atoms with van der Waals surface area (Å²) in [4.78, 5) is 10.8. The van der Waals surface area contributed by atoms with Gasteiger partial charge in [-0.3, -0.25) is 4.99 Å². The van der Waals surface area contributed by atoms with Gasteiger partial charge in [-0.05, 0) is 39.5 Å². The first-order chi connectivity index (χ1) is 9.33. The molecule has 106 valence electrons. The van der Waals surface area contributed by atoms with Crippen molar-refractivity contribution in [3.8, 4) is 0 Å². The summed E-state index contributed by atoms with van der Waals surface area (Å²) in [6.45, 7) is 6.78. The number of thiazole rings is 1. The Morgan fingerprint density at radius 3 is 2.63 bits per heavy atom. The number of hydrogen-bond acceptors (Lipinski definition) is 3. The molecular formula is C14H24N4S. The van der Waals surface area contributed by atoms with Crippen LogP contribution in [0.1, 0.15) is 42.3 Å². The molecule has 19 heavy (non-hydrogen) atoms. The molecule has 0 saturated carbocycles. The number of guanidine groups is 1. The summed E-state index contributed by atoms with van der Waals surface area (Å²) < 4.78 is 0. The minimum atomic E-state index is 0.807. The van der Waals surface area contributed by atoms with Crippen molar-refractivity contribution in [3.63, 3.8) is 0 Å². The number of aromatic nitrogens is 1. The average molecular weight is 280 g/mol. The molecule has 1 aromatic rings. The van der Waals surface area contributed by atoms with E-state index in [1.54, 1.807) is 0 Å². The van der Waals surface area contributed by atoms with Crippen LogP contribution in [0, 0.1) is 0 Å². The highest BCUT2D eigenvalue weighted by molar-refractivity contribution is 7.11. The van der Waals surface area contributed by atoms with Crippen molar-refractivity contribution >= 4 is 17.3 Å². The number of aryl methyl sites for hydroxylation is 2. The molecule has 4 nitrogen and oxygen atoms in total. The molecule has 0 fully saturated rings. The van der Waals surface area contributed by atoms with Crippen LogP contribution in [0.15, 0.2) is 4.99 Å². The average Bonchev–Trinajstić information content (AvgIpc) is 2.82. The Hall–Kier alpha value is -1.10. The first-order valence-electron chi connectivity index (χ1n) is 7.33. The molecule has 0 aromatic carbocycles. The zero-order valence-electron chi connectivity index (χ0n) is 12.0. The SMILES string of the molecule is CCNC(=NCCc1nc2c(s1)CCCC2)NCC. The standard InChI is InChI=1S/C14H24N4S/c1-3-15-14(16-4-2)17-10-9-13-18-11-7-5-6-8-12(11)19-13/h3-10H2,1-2H3,(H2,15,16,17). The molecular weight excluding hydrogens is 256 g/mol. The van der Waals surface area contributed by atoms with Crippen LogP contribution in [-0.4, -0.2) is 30.6 Å². The molecule has 0 saturated heterocycles. The van der Waals surface area contributed by atoms with Gasteiger partial charge in [0.2, 0.25) is 0 Å². The molecule has 0 radical (unpaired) electrons. The molecule has 2 N–H and O–H groups in total. The lowest BCUT2D eigenvalue weighted by molar-refractivity contribution is 0.680. The van der Waals surface area contributed by atoms with E-state index >= 15 is 0 Å². The number of hydrogen-bond donors (Lipinski definition) is 2. The Balaban J connectivity index is 1.87. The zero-order chi connectivity index (χ0) is 13.5. The van der Waals surface area contributed by atoms with Gasteiger partial charge >= 0.3 is 0 Å². The van der Waals surface area contributed by atoms with Crippen molar-refractivity contribution in [1.29, 1.82) is 0 Å². The van der Waals surface area contributed by atoms with Crippen LogP contribution < -0.4 is 10.6 Å². The first-order valence-corrected chi connectivity index (χ1v) is 8.14. The second-order valence-electron chi connectivity index (χ2n) is 4.73. The quantitative estimate of drug-likeness (QED) is 0.642. The van der Waals surface area contributed by atoms with Gasteiger partial charge in [0, 0.05) is 30.9 Å². The van der Waals surface area contributed by atoms with E-state index in [9.17, 15) is 0 Å². The van der Waals surface area contributed by atoms with E-state index in [-0.39, 0.29) is 0 Å². The summed E-state index contributed by atoms with van der Waals surface area (Å²) in [6.07, 6.45) is 6.00. The summed E-state index contributed by atoms with van der Waals surface area (Å²) in [6, 6.07) is 0. The van der Waals surface area contributed by atoms with Gasteiger partial charge in [0.05, 0.1) is 10.7 Å². The molecule has 0 aliphatic heterocycles. The molecule has 1 aliphatic rings. The highest BCUT2D eigenvalue weighted by atomic mass is 32.1. The van der Waals surface area contributed by atoms with Crippen LogP contribution in [0.2, 0.25) is 0 Å². The van der Waals surface area contributed by atoms with Crippen LogP contribution in [-0.2, 0) is 19.3 Å². The fraction of sp³-hybridized carbons (Fsp3) is 0.714. The smallest absolute Gasteiger partial charge is 0.191 e. The molecule has 0 amide bonds. The minimum Gasteiger partial charge on any atom is -0.357 e. The van der Waals surface area contributed by atoms with Crippen LogP contribution >= 0.6 is 11.3 Å². The van der Waals surface area contributed by atoms with Gasteiger partial charge in [0.15, 0.2) is 5.96 Å². The molecule has 0 bridgehead atoms. The molecule has 5 heteroatoms. The van der Waals surface area contributed by atoms with Crippen molar-refractivity contribution in [3.05, 3.63) is 15.6 Å². The molecule has 0 atom stereocenters. The van der Waals surface area contributed by atoms with Crippen molar-refractivity contribution in [2.75, 3.05) is 19.6 Å². The predicted molar refractivity (Wildman–Crippen MR) is 82.1 cm³/mol. The van der Waals surface area contributed by atoms with Crippen molar-refractivity contribution in [1.82, 2.24) is 15.6 Å². The monoisotopic (exact) mass is 280 g/mol. The molecule has 1 heterocycles. The Kier molecular flexibility index (Phi) is 5.63. The Morgan fingerprint density at radius 1 is 1.21 bits per heavy atom. The number of nitrogens with zero attached hydrogens (tertiary/aromatic N) is 2. The zero-order valence-corrected chi connectivity index (χ0v) is 12.8. The topological polar surface area (TPSA) is 49.3 Å². The van der Waals surface area contributed by atoms with E-state index in [1.807, 2.05) is 11.3 Å².